The molecule has 3 atom stereocenters. The summed E-state index contributed by atoms with van der Waals surface area (Å²) in [6.45, 7) is 1.68. The molecule has 0 saturated heterocycles. The zero-order chi connectivity index (χ0) is 11.8. The Labute approximate surface area is 98.2 Å². The van der Waals surface area contributed by atoms with Crippen LogP contribution in [0.2, 0.25) is 0 Å². The van der Waals surface area contributed by atoms with Gasteiger partial charge < -0.3 is 5.11 Å². The lowest BCUT2D eigenvalue weighted by Gasteiger charge is -2.12. The number of hydrogen-bond acceptors (Lipinski definition) is 3. The molecule has 2 aliphatic rings. The highest BCUT2D eigenvalue weighted by atomic mass is 32.2. The summed E-state index contributed by atoms with van der Waals surface area (Å²) in [4.78, 5) is 0. The van der Waals surface area contributed by atoms with Crippen LogP contribution in [0.25, 0.3) is 0 Å². The van der Waals surface area contributed by atoms with Crippen LogP contribution in [0.15, 0.2) is 0 Å². The van der Waals surface area contributed by atoms with Crippen molar-refractivity contribution < 1.29 is 13.5 Å². The summed E-state index contributed by atoms with van der Waals surface area (Å²) in [6.07, 6.45) is 4.91. The largest absolute Gasteiger partial charge is 0.393 e. The second kappa shape index (κ2) is 4.65. The first-order valence-corrected chi connectivity index (χ1v) is 8.26. The van der Waals surface area contributed by atoms with Crippen molar-refractivity contribution in [2.75, 3.05) is 11.5 Å². The Morgan fingerprint density at radius 2 is 1.94 bits per heavy atom. The SMILES string of the molecule is CCS(=O)(=O)CCCC(O)C1C2CCCC21. The highest BCUT2D eigenvalue weighted by Crippen LogP contribution is 2.59. The van der Waals surface area contributed by atoms with Crippen molar-refractivity contribution >= 4 is 9.84 Å². The summed E-state index contributed by atoms with van der Waals surface area (Å²) in [5, 5.41) is 9.97. The average Bonchev–Trinajstić information content (AvgIpc) is 2.73. The van der Waals surface area contributed by atoms with Crippen LogP contribution in [-0.2, 0) is 9.84 Å². The fourth-order valence-corrected chi connectivity index (χ4v) is 4.19. The monoisotopic (exact) mass is 246 g/mol. The number of fused-ring (bicyclic) bond motifs is 1. The van der Waals surface area contributed by atoms with Gasteiger partial charge in [-0.05, 0) is 43.4 Å². The van der Waals surface area contributed by atoms with Gasteiger partial charge in [0.2, 0.25) is 0 Å². The van der Waals surface area contributed by atoms with Gasteiger partial charge in [0.05, 0.1) is 11.9 Å². The van der Waals surface area contributed by atoms with Gasteiger partial charge in [-0.1, -0.05) is 13.3 Å². The van der Waals surface area contributed by atoms with E-state index < -0.39 is 9.84 Å². The number of sulfone groups is 1. The lowest BCUT2D eigenvalue weighted by Crippen LogP contribution is -2.16. The molecule has 3 unspecified atom stereocenters. The first kappa shape index (κ1) is 12.4. The van der Waals surface area contributed by atoms with Crippen LogP contribution in [0.4, 0.5) is 0 Å². The summed E-state index contributed by atoms with van der Waals surface area (Å²) in [5.41, 5.74) is 0. The topological polar surface area (TPSA) is 54.4 Å². The summed E-state index contributed by atoms with van der Waals surface area (Å²) in [5.74, 6) is 2.48. The van der Waals surface area contributed by atoms with Crippen LogP contribution >= 0.6 is 0 Å². The Morgan fingerprint density at radius 3 is 2.50 bits per heavy atom. The molecule has 0 heterocycles. The maximum atomic E-state index is 11.3. The van der Waals surface area contributed by atoms with E-state index in [4.69, 9.17) is 0 Å². The van der Waals surface area contributed by atoms with Gasteiger partial charge in [-0.15, -0.1) is 0 Å². The van der Waals surface area contributed by atoms with Crippen LogP contribution < -0.4 is 0 Å². The van der Waals surface area contributed by atoms with Crippen LogP contribution in [0, 0.1) is 17.8 Å². The molecule has 3 nitrogen and oxygen atoms in total. The minimum absolute atomic E-state index is 0.220. The maximum Gasteiger partial charge on any atom is 0.150 e. The van der Waals surface area contributed by atoms with Gasteiger partial charge in [0.15, 0.2) is 0 Å². The summed E-state index contributed by atoms with van der Waals surface area (Å²) in [7, 11) is -2.85. The minimum atomic E-state index is -2.85. The molecule has 0 aromatic carbocycles. The van der Waals surface area contributed by atoms with Crippen molar-refractivity contribution in [2.24, 2.45) is 17.8 Å². The van der Waals surface area contributed by atoms with Gasteiger partial charge in [0.1, 0.15) is 9.84 Å². The van der Waals surface area contributed by atoms with Crippen molar-refractivity contribution in [3.63, 3.8) is 0 Å². The third kappa shape index (κ3) is 2.59. The smallest absolute Gasteiger partial charge is 0.150 e. The highest BCUT2D eigenvalue weighted by Gasteiger charge is 2.55. The molecule has 0 bridgehead atoms. The average molecular weight is 246 g/mol. The quantitative estimate of drug-likeness (QED) is 0.774. The van der Waals surface area contributed by atoms with E-state index in [9.17, 15) is 13.5 Å². The Bertz CT molecular complexity index is 326. The summed E-state index contributed by atoms with van der Waals surface area (Å²) in [6, 6.07) is 0. The molecule has 0 radical (unpaired) electrons. The van der Waals surface area contributed by atoms with Crippen LogP contribution in [0.3, 0.4) is 0 Å². The Balaban J connectivity index is 1.67. The minimum Gasteiger partial charge on any atom is -0.393 e. The van der Waals surface area contributed by atoms with E-state index in [1.807, 2.05) is 0 Å². The molecule has 2 rings (SSSR count). The molecule has 94 valence electrons. The lowest BCUT2D eigenvalue weighted by atomic mass is 10.0. The normalized spacial score (nSPS) is 34.8. The standard InChI is InChI=1S/C12H22O3S/c1-2-16(14,15)8-4-7-11(13)12-9-5-3-6-10(9)12/h9-13H,2-8H2,1H3. The van der Waals surface area contributed by atoms with E-state index in [0.29, 0.717) is 18.8 Å². The molecule has 2 aliphatic carbocycles. The van der Waals surface area contributed by atoms with Gasteiger partial charge >= 0.3 is 0 Å². The van der Waals surface area contributed by atoms with E-state index in [-0.39, 0.29) is 17.6 Å². The van der Waals surface area contributed by atoms with Gasteiger partial charge in [-0.3, -0.25) is 0 Å². The van der Waals surface area contributed by atoms with Crippen molar-refractivity contribution in [3.05, 3.63) is 0 Å². The predicted molar refractivity (Wildman–Crippen MR) is 63.9 cm³/mol. The summed E-state index contributed by atoms with van der Waals surface area (Å²) < 4.78 is 22.6. The molecule has 4 heteroatoms. The first-order chi connectivity index (χ1) is 7.55. The molecule has 0 aliphatic heterocycles. The maximum absolute atomic E-state index is 11.3. The van der Waals surface area contributed by atoms with Crippen LogP contribution in [0.5, 0.6) is 0 Å². The molecule has 1 N–H and O–H groups in total. The fraction of sp³-hybridized carbons (Fsp3) is 1.00. The molecule has 2 fully saturated rings. The van der Waals surface area contributed by atoms with Gasteiger partial charge in [0, 0.05) is 5.75 Å². The lowest BCUT2D eigenvalue weighted by molar-refractivity contribution is 0.125. The third-order valence-electron chi connectivity index (χ3n) is 4.31. The first-order valence-electron chi connectivity index (χ1n) is 6.43. The van der Waals surface area contributed by atoms with Crippen LogP contribution in [-0.4, -0.2) is 31.1 Å². The van der Waals surface area contributed by atoms with Crippen molar-refractivity contribution in [2.45, 2.75) is 45.1 Å². The number of aliphatic hydroxyl groups is 1. The van der Waals surface area contributed by atoms with Gasteiger partial charge in [0.25, 0.3) is 0 Å². The van der Waals surface area contributed by atoms with E-state index in [1.165, 1.54) is 19.3 Å². The molecule has 2 saturated carbocycles. The Morgan fingerprint density at radius 1 is 1.31 bits per heavy atom. The molecule has 16 heavy (non-hydrogen) atoms. The van der Waals surface area contributed by atoms with Crippen molar-refractivity contribution in [1.29, 1.82) is 0 Å². The Hall–Kier alpha value is -0.0900. The summed E-state index contributed by atoms with van der Waals surface area (Å²) >= 11 is 0. The van der Waals surface area contributed by atoms with Gasteiger partial charge in [-0.25, -0.2) is 8.42 Å². The molecule has 0 amide bonds. The van der Waals surface area contributed by atoms with E-state index in [2.05, 4.69) is 0 Å². The van der Waals surface area contributed by atoms with E-state index >= 15 is 0 Å². The molecule has 0 aromatic heterocycles. The third-order valence-corrected chi connectivity index (χ3v) is 6.10. The molecular weight excluding hydrogens is 224 g/mol. The highest BCUT2D eigenvalue weighted by molar-refractivity contribution is 7.91. The number of rotatable bonds is 6. The molecule has 0 aromatic rings. The van der Waals surface area contributed by atoms with E-state index in [1.54, 1.807) is 6.92 Å². The zero-order valence-electron chi connectivity index (χ0n) is 9.93. The zero-order valence-corrected chi connectivity index (χ0v) is 10.7. The van der Waals surface area contributed by atoms with Crippen LogP contribution in [0.1, 0.15) is 39.0 Å². The number of aliphatic hydroxyl groups excluding tert-OH is 1. The molecule has 0 spiro atoms. The van der Waals surface area contributed by atoms with Crippen molar-refractivity contribution in [1.82, 2.24) is 0 Å². The predicted octanol–water partition coefficient (Wildman–Crippen LogP) is 1.61. The number of hydrogen-bond donors (Lipinski definition) is 1. The molecular formula is C12H22O3S. The van der Waals surface area contributed by atoms with Gasteiger partial charge in [-0.2, -0.15) is 0 Å². The van der Waals surface area contributed by atoms with Crippen molar-refractivity contribution in [3.8, 4) is 0 Å². The second-order valence-electron chi connectivity index (χ2n) is 5.28. The fourth-order valence-electron chi connectivity index (χ4n) is 3.30. The van der Waals surface area contributed by atoms with E-state index in [0.717, 1.165) is 11.8 Å². The second-order valence-corrected chi connectivity index (χ2v) is 7.75. The Kier molecular flexibility index (Phi) is 3.59.